The molecule has 0 aliphatic heterocycles. The molecule has 4 nitrogen and oxygen atoms in total. The Hall–Kier alpha value is -2.75. The lowest BCUT2D eigenvalue weighted by atomic mass is 9.75. The van der Waals surface area contributed by atoms with Crippen LogP contribution in [0.3, 0.4) is 0 Å². The molecule has 2 aromatic carbocycles. The lowest BCUT2D eigenvalue weighted by Crippen LogP contribution is -2.17. The molecule has 4 heteroatoms. The van der Waals surface area contributed by atoms with Gasteiger partial charge in [0.05, 0.1) is 5.56 Å². The molecule has 0 aromatic heterocycles. The van der Waals surface area contributed by atoms with E-state index in [0.29, 0.717) is 11.1 Å². The van der Waals surface area contributed by atoms with Crippen molar-refractivity contribution in [3.05, 3.63) is 47.5 Å². The van der Waals surface area contributed by atoms with Crippen LogP contribution in [0.4, 0.5) is 0 Å². The zero-order valence-corrected chi connectivity index (χ0v) is 10.0. The van der Waals surface area contributed by atoms with Crippen LogP contribution in [0.15, 0.2) is 41.4 Å². The number of benzene rings is 2. The van der Waals surface area contributed by atoms with Crippen LogP contribution in [-0.2, 0) is 0 Å². The van der Waals surface area contributed by atoms with Gasteiger partial charge in [0.15, 0.2) is 0 Å². The van der Waals surface area contributed by atoms with Gasteiger partial charge < -0.3 is 5.73 Å². The average molecular weight is 250 g/mol. The zero-order valence-electron chi connectivity index (χ0n) is 10.0. The highest BCUT2D eigenvalue weighted by atomic mass is 16.1. The number of carbonyl (C=O) groups is 2. The Balaban J connectivity index is 2.32. The first kappa shape index (κ1) is 11.3. The summed E-state index contributed by atoms with van der Waals surface area (Å²) in [6, 6.07) is 10.7. The van der Waals surface area contributed by atoms with E-state index in [9.17, 15) is 9.59 Å². The Morgan fingerprint density at radius 3 is 2.00 bits per heavy atom. The van der Waals surface area contributed by atoms with Crippen molar-refractivity contribution >= 4 is 18.5 Å². The predicted molar refractivity (Wildman–Crippen MR) is 73.3 cm³/mol. The molecule has 19 heavy (non-hydrogen) atoms. The number of rotatable bonds is 2. The number of amides is 2. The van der Waals surface area contributed by atoms with Gasteiger partial charge >= 0.3 is 0 Å². The van der Waals surface area contributed by atoms with Crippen LogP contribution in [0, 0.1) is 0 Å². The predicted octanol–water partition coefficient (Wildman–Crippen LogP) is 2.27. The van der Waals surface area contributed by atoms with Crippen LogP contribution in [0.25, 0.3) is 22.3 Å². The maximum atomic E-state index is 11.8. The molecule has 1 aliphatic rings. The first-order valence-corrected chi connectivity index (χ1v) is 5.72. The molecule has 0 atom stereocenters. The molecule has 0 bridgehead atoms. The minimum atomic E-state index is -0.503. The minimum Gasteiger partial charge on any atom is -0.366 e. The fraction of sp³-hybridized carbons (Fsp3) is 0. The number of fused-ring (bicyclic) bond motifs is 4. The van der Waals surface area contributed by atoms with Crippen LogP contribution in [0.5, 0.6) is 0 Å². The largest absolute Gasteiger partial charge is 0.366 e. The van der Waals surface area contributed by atoms with Gasteiger partial charge in [-0.25, -0.2) is 4.99 Å². The maximum absolute atomic E-state index is 11.8. The van der Waals surface area contributed by atoms with E-state index in [1.807, 2.05) is 24.3 Å². The van der Waals surface area contributed by atoms with Crippen molar-refractivity contribution in [2.75, 3.05) is 0 Å². The second kappa shape index (κ2) is 3.88. The summed E-state index contributed by atoms with van der Waals surface area (Å²) in [4.78, 5) is 26.7. The number of nitrogens with zero attached hydrogens (tertiary/aromatic N) is 1. The number of nitrogens with two attached hydrogens (primary N) is 1. The third-order valence-corrected chi connectivity index (χ3v) is 3.31. The van der Waals surface area contributed by atoms with Crippen molar-refractivity contribution < 1.29 is 9.59 Å². The van der Waals surface area contributed by atoms with Crippen molar-refractivity contribution in [1.29, 1.82) is 0 Å². The van der Waals surface area contributed by atoms with Gasteiger partial charge in [0.1, 0.15) is 0 Å². The number of aliphatic imine (C=N–C) groups is 1. The van der Waals surface area contributed by atoms with E-state index in [1.165, 1.54) is 0 Å². The molecule has 2 aromatic rings. The molecule has 2 N–H and O–H groups in total. The molecule has 0 fully saturated rings. The summed E-state index contributed by atoms with van der Waals surface area (Å²) in [5.74, 6) is -0.905. The van der Waals surface area contributed by atoms with Gasteiger partial charge in [-0.3, -0.25) is 9.59 Å². The monoisotopic (exact) mass is 250 g/mol. The Bertz CT molecular complexity index is 748. The molecule has 0 saturated carbocycles. The van der Waals surface area contributed by atoms with Gasteiger partial charge in [-0.05, 0) is 30.0 Å². The average Bonchev–Trinajstić information content (AvgIpc) is 2.42. The summed E-state index contributed by atoms with van der Waals surface area (Å²) in [5.41, 5.74) is 9.60. The lowest BCUT2D eigenvalue weighted by molar-refractivity contribution is 0.0991. The van der Waals surface area contributed by atoms with Crippen LogP contribution in [-0.4, -0.2) is 18.5 Å². The summed E-state index contributed by atoms with van der Waals surface area (Å²) in [6.07, 6.45) is 0. The van der Waals surface area contributed by atoms with E-state index < -0.39 is 11.8 Å². The molecule has 92 valence electrons. The van der Waals surface area contributed by atoms with Crippen molar-refractivity contribution in [3.8, 4) is 22.3 Å². The van der Waals surface area contributed by atoms with Crippen molar-refractivity contribution in [2.45, 2.75) is 0 Å². The molecule has 0 heterocycles. The van der Waals surface area contributed by atoms with E-state index in [4.69, 9.17) is 5.73 Å². The van der Waals surface area contributed by atoms with Gasteiger partial charge in [0, 0.05) is 16.7 Å². The fourth-order valence-corrected chi connectivity index (χ4v) is 2.49. The van der Waals surface area contributed by atoms with Crippen LogP contribution < -0.4 is 5.73 Å². The van der Waals surface area contributed by atoms with Gasteiger partial charge in [-0.2, -0.15) is 0 Å². The Kier molecular flexibility index (Phi) is 2.32. The lowest BCUT2D eigenvalue weighted by Gasteiger charge is -2.27. The summed E-state index contributed by atoms with van der Waals surface area (Å²) in [5, 5.41) is 0. The topological polar surface area (TPSA) is 72.5 Å². The Labute approximate surface area is 109 Å². The van der Waals surface area contributed by atoms with Crippen LogP contribution >= 0.6 is 0 Å². The van der Waals surface area contributed by atoms with E-state index in [0.717, 1.165) is 22.3 Å². The molecule has 3 rings (SSSR count). The van der Waals surface area contributed by atoms with E-state index in [1.54, 1.807) is 12.1 Å². The first-order valence-electron chi connectivity index (χ1n) is 5.72. The van der Waals surface area contributed by atoms with Crippen molar-refractivity contribution in [2.24, 2.45) is 10.7 Å². The fourth-order valence-electron chi connectivity index (χ4n) is 2.49. The Morgan fingerprint density at radius 2 is 1.47 bits per heavy atom. The summed E-state index contributed by atoms with van der Waals surface area (Å²) in [6.45, 7) is 3.25. The molecular weight excluding hydrogens is 240 g/mol. The normalized spacial score (nSPS) is 10.9. The highest BCUT2D eigenvalue weighted by Gasteiger charge is 2.31. The molecule has 1 aliphatic carbocycles. The van der Waals surface area contributed by atoms with E-state index >= 15 is 0 Å². The zero-order chi connectivity index (χ0) is 13.6. The van der Waals surface area contributed by atoms with Crippen molar-refractivity contribution in [1.82, 2.24) is 0 Å². The Morgan fingerprint density at radius 1 is 0.947 bits per heavy atom. The smallest absolute Gasteiger partial charge is 0.277 e. The maximum Gasteiger partial charge on any atom is 0.277 e. The van der Waals surface area contributed by atoms with Crippen LogP contribution in [0.1, 0.15) is 20.7 Å². The van der Waals surface area contributed by atoms with Gasteiger partial charge in [0.25, 0.3) is 5.91 Å². The number of hydrogen-bond donors (Lipinski definition) is 1. The SMILES string of the molecule is C=NC(=O)c1ccc(C(N)=O)c2c1-c1ccccc1-2. The number of primary amides is 1. The highest BCUT2D eigenvalue weighted by Crippen LogP contribution is 2.50. The second-order valence-corrected chi connectivity index (χ2v) is 4.28. The number of carbonyl (C=O) groups excluding carboxylic acids is 2. The molecule has 0 saturated heterocycles. The summed E-state index contributed by atoms with van der Waals surface area (Å²) < 4.78 is 0. The quantitative estimate of drug-likeness (QED) is 0.708. The summed E-state index contributed by atoms with van der Waals surface area (Å²) in [7, 11) is 0. The molecular formula is C15H10N2O2. The third-order valence-electron chi connectivity index (χ3n) is 3.31. The molecule has 0 spiro atoms. The van der Waals surface area contributed by atoms with Crippen molar-refractivity contribution in [3.63, 3.8) is 0 Å². The van der Waals surface area contributed by atoms with E-state index in [-0.39, 0.29) is 0 Å². The highest BCUT2D eigenvalue weighted by molar-refractivity contribution is 6.18. The van der Waals surface area contributed by atoms with E-state index in [2.05, 4.69) is 11.7 Å². The molecule has 0 radical (unpaired) electrons. The van der Waals surface area contributed by atoms with Gasteiger partial charge in [0.2, 0.25) is 5.91 Å². The molecule has 0 unspecified atom stereocenters. The second-order valence-electron chi connectivity index (χ2n) is 4.28. The third kappa shape index (κ3) is 1.43. The minimum absolute atomic E-state index is 0.401. The summed E-state index contributed by atoms with van der Waals surface area (Å²) >= 11 is 0. The van der Waals surface area contributed by atoms with Crippen LogP contribution in [0.2, 0.25) is 0 Å². The number of hydrogen-bond acceptors (Lipinski definition) is 2. The first-order chi connectivity index (χ1) is 9.15. The van der Waals surface area contributed by atoms with Gasteiger partial charge in [-0.15, -0.1) is 0 Å². The molecule has 2 amide bonds. The standard InChI is InChI=1S/C15H10N2O2/c1-17-15(19)11-7-6-10(14(16)18)12-8-4-2-3-5-9(8)13(11)12/h2-7H,1H2,(H2,16,18). The van der Waals surface area contributed by atoms with Gasteiger partial charge in [-0.1, -0.05) is 24.3 Å².